The van der Waals surface area contributed by atoms with Crippen molar-refractivity contribution in [1.29, 1.82) is 0 Å². The van der Waals surface area contributed by atoms with E-state index in [-0.39, 0.29) is 24.9 Å². The highest BCUT2D eigenvalue weighted by atomic mass is 32.1. The van der Waals surface area contributed by atoms with E-state index in [9.17, 15) is 14.0 Å². The number of hydrogen-bond donors (Lipinski definition) is 0. The highest BCUT2D eigenvalue weighted by Crippen LogP contribution is 2.23. The average molecular weight is 415 g/mol. The fraction of sp³-hybridized carbons (Fsp3) is 0.300. The standard InChI is InChI=1S/C20H18FN3O4S/c21-15-7-5-13(6-8-15)19(25)24-9-1-3-14(11-24)20(26)27-12-17-22-18(23-28-17)16-4-2-10-29-16/h2,4-8,10,14H,1,3,9,11-12H2. The summed E-state index contributed by atoms with van der Waals surface area (Å²) in [7, 11) is 0. The van der Waals surface area contributed by atoms with Crippen LogP contribution in [0.4, 0.5) is 4.39 Å². The number of aromatic nitrogens is 2. The number of benzene rings is 1. The van der Waals surface area contributed by atoms with Gasteiger partial charge in [0.2, 0.25) is 5.82 Å². The lowest BCUT2D eigenvalue weighted by atomic mass is 9.97. The Hall–Kier alpha value is -3.07. The fourth-order valence-corrected chi connectivity index (χ4v) is 3.85. The van der Waals surface area contributed by atoms with Gasteiger partial charge in [0, 0.05) is 18.7 Å². The van der Waals surface area contributed by atoms with Gasteiger partial charge >= 0.3 is 5.97 Å². The Balaban J connectivity index is 1.33. The number of carbonyl (C=O) groups is 2. The molecule has 1 aliphatic rings. The van der Waals surface area contributed by atoms with E-state index in [0.29, 0.717) is 30.8 Å². The van der Waals surface area contributed by atoms with Gasteiger partial charge in [-0.1, -0.05) is 11.2 Å². The number of rotatable bonds is 5. The second-order valence-corrected chi connectivity index (χ2v) is 7.64. The molecule has 29 heavy (non-hydrogen) atoms. The highest BCUT2D eigenvalue weighted by Gasteiger charge is 2.30. The Bertz CT molecular complexity index is 988. The third kappa shape index (κ3) is 4.51. The zero-order valence-electron chi connectivity index (χ0n) is 15.4. The molecule has 1 aromatic carbocycles. The van der Waals surface area contributed by atoms with Crippen molar-refractivity contribution in [3.05, 3.63) is 59.0 Å². The van der Waals surface area contributed by atoms with Gasteiger partial charge in [-0.15, -0.1) is 11.3 Å². The molecule has 7 nitrogen and oxygen atoms in total. The lowest BCUT2D eigenvalue weighted by Gasteiger charge is -2.31. The van der Waals surface area contributed by atoms with Crippen molar-refractivity contribution in [1.82, 2.24) is 15.0 Å². The molecule has 2 aromatic heterocycles. The molecule has 1 unspecified atom stereocenters. The Morgan fingerprint density at radius 2 is 2.10 bits per heavy atom. The lowest BCUT2D eigenvalue weighted by Crippen LogP contribution is -2.42. The third-order valence-electron chi connectivity index (χ3n) is 4.68. The summed E-state index contributed by atoms with van der Waals surface area (Å²) < 4.78 is 23.5. The van der Waals surface area contributed by atoms with Gasteiger partial charge in [0.15, 0.2) is 6.61 Å². The first kappa shape index (κ1) is 19.3. The van der Waals surface area contributed by atoms with Crippen LogP contribution in [-0.4, -0.2) is 40.0 Å². The topological polar surface area (TPSA) is 85.5 Å². The molecule has 1 fully saturated rings. The predicted octanol–water partition coefficient (Wildman–Crippen LogP) is 3.53. The quantitative estimate of drug-likeness (QED) is 0.593. The zero-order valence-corrected chi connectivity index (χ0v) is 16.2. The number of thiophene rings is 1. The molecule has 4 rings (SSSR count). The number of carbonyl (C=O) groups excluding carboxylic acids is 2. The number of halogens is 1. The minimum Gasteiger partial charge on any atom is -0.455 e. The Labute approximate surface area is 170 Å². The molecule has 1 atom stereocenters. The van der Waals surface area contributed by atoms with Crippen molar-refractivity contribution in [2.24, 2.45) is 5.92 Å². The minimum atomic E-state index is -0.423. The van der Waals surface area contributed by atoms with E-state index in [1.54, 1.807) is 4.90 Å². The monoisotopic (exact) mass is 415 g/mol. The maximum Gasteiger partial charge on any atom is 0.311 e. The molecule has 0 bridgehead atoms. The second-order valence-electron chi connectivity index (χ2n) is 6.69. The van der Waals surface area contributed by atoms with Gasteiger partial charge in [0.05, 0.1) is 10.8 Å². The highest BCUT2D eigenvalue weighted by molar-refractivity contribution is 7.13. The first-order valence-corrected chi connectivity index (χ1v) is 10.1. The van der Waals surface area contributed by atoms with Crippen molar-refractivity contribution in [3.63, 3.8) is 0 Å². The van der Waals surface area contributed by atoms with Crippen LogP contribution in [0.3, 0.4) is 0 Å². The molecule has 3 heterocycles. The van der Waals surface area contributed by atoms with Gasteiger partial charge in [0.1, 0.15) is 5.82 Å². The van der Waals surface area contributed by atoms with Crippen LogP contribution in [-0.2, 0) is 16.1 Å². The summed E-state index contributed by atoms with van der Waals surface area (Å²) in [5.74, 6) is -0.771. The van der Waals surface area contributed by atoms with E-state index in [0.717, 1.165) is 4.88 Å². The molecule has 0 N–H and O–H groups in total. The summed E-state index contributed by atoms with van der Waals surface area (Å²) in [6, 6.07) is 9.15. The zero-order chi connectivity index (χ0) is 20.2. The molecular weight excluding hydrogens is 397 g/mol. The maximum absolute atomic E-state index is 13.1. The van der Waals surface area contributed by atoms with Crippen molar-refractivity contribution < 1.29 is 23.2 Å². The van der Waals surface area contributed by atoms with Crippen molar-refractivity contribution >= 4 is 23.2 Å². The summed E-state index contributed by atoms with van der Waals surface area (Å²) in [4.78, 5) is 31.7. The molecule has 0 spiro atoms. The van der Waals surface area contributed by atoms with Crippen LogP contribution < -0.4 is 0 Å². The van der Waals surface area contributed by atoms with Gasteiger partial charge in [0.25, 0.3) is 11.8 Å². The third-order valence-corrected chi connectivity index (χ3v) is 5.55. The van der Waals surface area contributed by atoms with Crippen LogP contribution in [0.5, 0.6) is 0 Å². The number of nitrogens with zero attached hydrogens (tertiary/aromatic N) is 3. The van der Waals surface area contributed by atoms with Crippen LogP contribution in [0.25, 0.3) is 10.7 Å². The normalized spacial score (nSPS) is 16.6. The van der Waals surface area contributed by atoms with Gasteiger partial charge in [-0.2, -0.15) is 4.98 Å². The number of piperidine rings is 1. The van der Waals surface area contributed by atoms with E-state index in [1.807, 2.05) is 17.5 Å². The Kier molecular flexibility index (Phi) is 5.66. The Morgan fingerprint density at radius 1 is 1.28 bits per heavy atom. The second kappa shape index (κ2) is 8.52. The molecule has 150 valence electrons. The van der Waals surface area contributed by atoms with Crippen molar-refractivity contribution in [2.45, 2.75) is 19.4 Å². The maximum atomic E-state index is 13.1. The molecular formula is C20H18FN3O4S. The number of amides is 1. The van der Waals surface area contributed by atoms with Crippen molar-refractivity contribution in [2.75, 3.05) is 13.1 Å². The lowest BCUT2D eigenvalue weighted by molar-refractivity contribution is -0.152. The number of ether oxygens (including phenoxy) is 1. The van der Waals surface area contributed by atoms with Crippen molar-refractivity contribution in [3.8, 4) is 10.7 Å². The van der Waals surface area contributed by atoms with E-state index in [4.69, 9.17) is 9.26 Å². The summed E-state index contributed by atoms with van der Waals surface area (Å²) in [5, 5.41) is 5.79. The van der Waals surface area contributed by atoms with Crippen LogP contribution in [0.15, 0.2) is 46.3 Å². The SMILES string of the molecule is O=C(OCc1nc(-c2cccs2)no1)C1CCCN(C(=O)c2ccc(F)cc2)C1. The molecule has 0 aliphatic carbocycles. The first-order chi connectivity index (χ1) is 14.1. The molecule has 1 saturated heterocycles. The summed E-state index contributed by atoms with van der Waals surface area (Å²) in [5.41, 5.74) is 0.396. The van der Waals surface area contributed by atoms with Crippen LogP contribution in [0.2, 0.25) is 0 Å². The van der Waals surface area contributed by atoms with E-state index in [2.05, 4.69) is 10.1 Å². The molecule has 1 amide bonds. The van der Waals surface area contributed by atoms with Crippen LogP contribution in [0.1, 0.15) is 29.1 Å². The van der Waals surface area contributed by atoms with Crippen LogP contribution >= 0.6 is 11.3 Å². The van der Waals surface area contributed by atoms with Gasteiger partial charge < -0.3 is 14.2 Å². The summed E-state index contributed by atoms with van der Waals surface area (Å²) in [6.45, 7) is 0.701. The first-order valence-electron chi connectivity index (χ1n) is 9.18. The summed E-state index contributed by atoms with van der Waals surface area (Å²) in [6.07, 6.45) is 1.33. The van der Waals surface area contributed by atoms with Crippen LogP contribution in [0, 0.1) is 11.7 Å². The summed E-state index contributed by atoms with van der Waals surface area (Å²) >= 11 is 1.49. The molecule has 0 saturated carbocycles. The number of hydrogen-bond acceptors (Lipinski definition) is 7. The number of likely N-dealkylation sites (tertiary alicyclic amines) is 1. The van der Waals surface area contributed by atoms with E-state index in [1.165, 1.54) is 35.6 Å². The number of esters is 1. The predicted molar refractivity (Wildman–Crippen MR) is 102 cm³/mol. The average Bonchev–Trinajstić information content (AvgIpc) is 3.44. The fourth-order valence-electron chi connectivity index (χ4n) is 3.20. The van der Waals surface area contributed by atoms with Gasteiger partial charge in [-0.25, -0.2) is 4.39 Å². The minimum absolute atomic E-state index is 0.111. The largest absolute Gasteiger partial charge is 0.455 e. The molecule has 1 aliphatic heterocycles. The van der Waals surface area contributed by atoms with Gasteiger partial charge in [-0.3, -0.25) is 9.59 Å². The molecule has 9 heteroatoms. The Morgan fingerprint density at radius 3 is 2.86 bits per heavy atom. The smallest absolute Gasteiger partial charge is 0.311 e. The molecule has 3 aromatic rings. The van der Waals surface area contributed by atoms with E-state index < -0.39 is 17.7 Å². The van der Waals surface area contributed by atoms with Gasteiger partial charge in [-0.05, 0) is 48.6 Å². The van der Waals surface area contributed by atoms with E-state index >= 15 is 0 Å². The molecule has 0 radical (unpaired) electrons.